The monoisotopic (exact) mass is 369 g/mol. The highest BCUT2D eigenvalue weighted by Crippen LogP contribution is 2.23. The van der Waals surface area contributed by atoms with E-state index in [4.69, 9.17) is 9.15 Å². The quantitative estimate of drug-likeness (QED) is 0.351. The van der Waals surface area contributed by atoms with Gasteiger partial charge >= 0.3 is 5.97 Å². The van der Waals surface area contributed by atoms with E-state index < -0.39 is 12.1 Å². The molecule has 2 aromatic carbocycles. The molecule has 0 radical (unpaired) electrons. The molecule has 0 aliphatic carbocycles. The van der Waals surface area contributed by atoms with Crippen molar-refractivity contribution in [3.63, 3.8) is 0 Å². The standard InChI is InChI=1S/C20H19NO4S/c1-3-14-8-10-15(11-9-14)19(23)13(2)24-18(22)12-26-20-21-16-6-4-5-7-17(16)25-20/h4-11,13H,3,12H2,1-2H3/t13-/m1/s1. The van der Waals surface area contributed by atoms with Crippen molar-refractivity contribution in [3.05, 3.63) is 59.7 Å². The van der Waals surface area contributed by atoms with Gasteiger partial charge in [0, 0.05) is 5.56 Å². The highest BCUT2D eigenvalue weighted by Gasteiger charge is 2.20. The van der Waals surface area contributed by atoms with Crippen molar-refractivity contribution in [2.24, 2.45) is 0 Å². The fourth-order valence-corrected chi connectivity index (χ4v) is 3.08. The van der Waals surface area contributed by atoms with Gasteiger partial charge in [-0.3, -0.25) is 9.59 Å². The van der Waals surface area contributed by atoms with Crippen LogP contribution in [0.2, 0.25) is 0 Å². The van der Waals surface area contributed by atoms with Crippen LogP contribution < -0.4 is 0 Å². The third-order valence-corrected chi connectivity index (χ3v) is 4.71. The van der Waals surface area contributed by atoms with Crippen LogP contribution in [0.5, 0.6) is 0 Å². The van der Waals surface area contributed by atoms with Crippen LogP contribution in [-0.4, -0.2) is 28.6 Å². The minimum atomic E-state index is -0.834. The van der Waals surface area contributed by atoms with E-state index in [1.54, 1.807) is 19.1 Å². The van der Waals surface area contributed by atoms with Crippen LogP contribution in [-0.2, 0) is 16.0 Å². The van der Waals surface area contributed by atoms with Gasteiger partial charge in [-0.2, -0.15) is 0 Å². The number of ketones is 1. The van der Waals surface area contributed by atoms with Crippen LogP contribution >= 0.6 is 11.8 Å². The number of para-hydroxylation sites is 2. The lowest BCUT2D eigenvalue weighted by molar-refractivity contribution is -0.143. The molecule has 6 heteroatoms. The normalized spacial score (nSPS) is 12.1. The van der Waals surface area contributed by atoms with Crippen molar-refractivity contribution in [2.75, 3.05) is 5.75 Å². The summed E-state index contributed by atoms with van der Waals surface area (Å²) < 4.78 is 10.8. The lowest BCUT2D eigenvalue weighted by atomic mass is 10.0. The van der Waals surface area contributed by atoms with Gasteiger partial charge in [-0.1, -0.05) is 55.1 Å². The number of fused-ring (bicyclic) bond motifs is 1. The number of ether oxygens (including phenoxy) is 1. The lowest BCUT2D eigenvalue weighted by Crippen LogP contribution is -2.25. The average Bonchev–Trinajstić information content (AvgIpc) is 3.09. The highest BCUT2D eigenvalue weighted by molar-refractivity contribution is 7.99. The van der Waals surface area contributed by atoms with E-state index in [0.717, 1.165) is 29.3 Å². The first-order valence-electron chi connectivity index (χ1n) is 8.38. The van der Waals surface area contributed by atoms with Gasteiger partial charge < -0.3 is 9.15 Å². The fraction of sp³-hybridized carbons (Fsp3) is 0.250. The van der Waals surface area contributed by atoms with Crippen molar-refractivity contribution in [2.45, 2.75) is 31.6 Å². The number of carbonyl (C=O) groups is 2. The van der Waals surface area contributed by atoms with Crippen molar-refractivity contribution in [1.82, 2.24) is 4.98 Å². The molecule has 5 nitrogen and oxygen atoms in total. The van der Waals surface area contributed by atoms with Crippen molar-refractivity contribution < 1.29 is 18.7 Å². The van der Waals surface area contributed by atoms with E-state index in [2.05, 4.69) is 11.9 Å². The summed E-state index contributed by atoms with van der Waals surface area (Å²) in [7, 11) is 0. The molecule has 0 saturated carbocycles. The van der Waals surface area contributed by atoms with E-state index in [-0.39, 0.29) is 11.5 Å². The molecule has 0 aliphatic heterocycles. The summed E-state index contributed by atoms with van der Waals surface area (Å²) in [4.78, 5) is 28.7. The summed E-state index contributed by atoms with van der Waals surface area (Å²) in [5.74, 6) is -0.671. The zero-order chi connectivity index (χ0) is 18.5. The summed E-state index contributed by atoms with van der Waals surface area (Å²) >= 11 is 1.15. The average molecular weight is 369 g/mol. The molecular formula is C20H19NO4S. The van der Waals surface area contributed by atoms with Crippen LogP contribution in [0.3, 0.4) is 0 Å². The highest BCUT2D eigenvalue weighted by atomic mass is 32.2. The maximum Gasteiger partial charge on any atom is 0.317 e. The Balaban J connectivity index is 1.53. The topological polar surface area (TPSA) is 69.4 Å². The van der Waals surface area contributed by atoms with Crippen LogP contribution in [0, 0.1) is 0 Å². The van der Waals surface area contributed by atoms with Gasteiger partial charge in [-0.25, -0.2) is 4.98 Å². The van der Waals surface area contributed by atoms with Gasteiger partial charge in [0.15, 0.2) is 11.7 Å². The van der Waals surface area contributed by atoms with Gasteiger partial charge in [0.2, 0.25) is 5.78 Å². The molecule has 134 valence electrons. The lowest BCUT2D eigenvalue weighted by Gasteiger charge is -2.12. The van der Waals surface area contributed by atoms with Crippen molar-refractivity contribution in [1.29, 1.82) is 0 Å². The predicted molar refractivity (Wildman–Crippen MR) is 100 cm³/mol. The Labute approximate surface area is 155 Å². The molecular weight excluding hydrogens is 350 g/mol. The fourth-order valence-electron chi connectivity index (χ4n) is 2.46. The van der Waals surface area contributed by atoms with Crippen molar-refractivity contribution >= 4 is 34.6 Å². The van der Waals surface area contributed by atoms with Crippen LogP contribution in [0.15, 0.2) is 58.2 Å². The number of carbonyl (C=O) groups excluding carboxylic acids is 2. The number of thioether (sulfide) groups is 1. The molecule has 3 rings (SSSR count). The molecule has 1 heterocycles. The van der Waals surface area contributed by atoms with Crippen LogP contribution in [0.4, 0.5) is 0 Å². The number of hydrogen-bond acceptors (Lipinski definition) is 6. The Morgan fingerprint density at radius 2 is 1.88 bits per heavy atom. The molecule has 0 saturated heterocycles. The number of aryl methyl sites for hydroxylation is 1. The van der Waals surface area contributed by atoms with E-state index in [9.17, 15) is 9.59 Å². The molecule has 3 aromatic rings. The Hall–Kier alpha value is -2.60. The minimum absolute atomic E-state index is 0.0270. The van der Waals surface area contributed by atoms with Gasteiger partial charge in [0.25, 0.3) is 5.22 Å². The second-order valence-electron chi connectivity index (χ2n) is 5.78. The third kappa shape index (κ3) is 4.32. The molecule has 1 aromatic heterocycles. The summed E-state index contributed by atoms with van der Waals surface area (Å²) in [6.07, 6.45) is 0.0747. The van der Waals surface area contributed by atoms with E-state index in [1.165, 1.54) is 0 Å². The molecule has 0 fully saturated rings. The Kier molecular flexibility index (Phi) is 5.73. The first-order chi connectivity index (χ1) is 12.6. The Morgan fingerprint density at radius 1 is 1.15 bits per heavy atom. The number of nitrogens with zero attached hydrogens (tertiary/aromatic N) is 1. The number of hydrogen-bond donors (Lipinski definition) is 0. The van der Waals surface area contributed by atoms with Gasteiger partial charge in [-0.15, -0.1) is 0 Å². The number of esters is 1. The van der Waals surface area contributed by atoms with Crippen LogP contribution in [0.25, 0.3) is 11.1 Å². The van der Waals surface area contributed by atoms with Gasteiger partial charge in [0.05, 0.1) is 0 Å². The summed E-state index contributed by atoms with van der Waals surface area (Å²) in [5, 5.41) is 0.400. The summed E-state index contributed by atoms with van der Waals surface area (Å²) in [6, 6.07) is 14.7. The second kappa shape index (κ2) is 8.19. The van der Waals surface area contributed by atoms with Gasteiger partial charge in [0.1, 0.15) is 11.3 Å². The maximum atomic E-state index is 12.4. The summed E-state index contributed by atoms with van der Waals surface area (Å²) in [5.41, 5.74) is 3.10. The number of rotatable bonds is 7. The molecule has 0 amide bonds. The smallest absolute Gasteiger partial charge is 0.317 e. The number of benzene rings is 2. The molecule has 0 aliphatic rings. The largest absolute Gasteiger partial charge is 0.454 e. The van der Waals surface area contributed by atoms with Crippen LogP contribution in [0.1, 0.15) is 29.8 Å². The van der Waals surface area contributed by atoms with Crippen molar-refractivity contribution in [3.8, 4) is 0 Å². The van der Waals surface area contributed by atoms with E-state index in [1.807, 2.05) is 36.4 Å². The first kappa shape index (κ1) is 18.2. The molecule has 26 heavy (non-hydrogen) atoms. The maximum absolute atomic E-state index is 12.4. The second-order valence-corrected chi connectivity index (χ2v) is 6.71. The van der Waals surface area contributed by atoms with Gasteiger partial charge in [-0.05, 0) is 31.0 Å². The van der Waals surface area contributed by atoms with E-state index >= 15 is 0 Å². The molecule has 0 bridgehead atoms. The number of Topliss-reactive ketones (excluding diaryl/α,β-unsaturated/α-hetero) is 1. The summed E-state index contributed by atoms with van der Waals surface area (Å²) in [6.45, 7) is 3.63. The first-order valence-corrected chi connectivity index (χ1v) is 9.36. The Morgan fingerprint density at radius 3 is 2.58 bits per heavy atom. The minimum Gasteiger partial charge on any atom is -0.454 e. The molecule has 0 unspecified atom stereocenters. The van der Waals surface area contributed by atoms with E-state index in [0.29, 0.717) is 16.4 Å². The molecule has 0 N–H and O–H groups in total. The number of oxazole rings is 1. The SMILES string of the molecule is CCc1ccc(C(=O)[C@@H](C)OC(=O)CSc2nc3ccccc3o2)cc1. The predicted octanol–water partition coefficient (Wildman–Crippen LogP) is 4.30. The zero-order valence-corrected chi connectivity index (χ0v) is 15.4. The number of aromatic nitrogens is 1. The Bertz CT molecular complexity index is 884. The molecule has 0 spiro atoms. The third-order valence-electron chi connectivity index (χ3n) is 3.91. The molecule has 1 atom stereocenters. The zero-order valence-electron chi connectivity index (χ0n) is 14.6.